The first-order valence-electron chi connectivity index (χ1n) is 6.48. The van der Waals surface area contributed by atoms with E-state index in [9.17, 15) is 19.2 Å². The predicted molar refractivity (Wildman–Crippen MR) is 89.7 cm³/mol. The van der Waals surface area contributed by atoms with E-state index in [0.717, 1.165) is 0 Å². The Balaban J connectivity index is -0.0000000724. The van der Waals surface area contributed by atoms with Gasteiger partial charge in [-0.05, 0) is 41.5 Å². The first-order valence-corrected chi connectivity index (χ1v) is 6.48. The van der Waals surface area contributed by atoms with Crippen LogP contribution in [0.4, 0.5) is 0 Å². The maximum Gasteiger partial charge on any atom is 0.166 e. The summed E-state index contributed by atoms with van der Waals surface area (Å²) in [6, 6.07) is 0. The molecule has 144 valence electrons. The third kappa shape index (κ3) is 59.6. The molecule has 9 nitrogen and oxygen atoms in total. The van der Waals surface area contributed by atoms with Gasteiger partial charge >= 0.3 is 0 Å². The fourth-order valence-electron chi connectivity index (χ4n) is 1.12. The zero-order valence-corrected chi connectivity index (χ0v) is 15.0. The molecule has 0 aromatic rings. The summed E-state index contributed by atoms with van der Waals surface area (Å²) in [5, 5.41) is 25.4. The number of hydrogen-bond acceptors (Lipinski definition) is 7. The highest BCUT2D eigenvalue weighted by molar-refractivity contribution is 5.96. The predicted octanol–water partition coefficient (Wildman–Crippen LogP) is -0.489. The molecule has 0 aliphatic rings. The number of carbonyl (C=O) groups is 4. The standard InChI is InChI=1S/C5H10O3.2C5H8O2.2H2O/c1-4(6)3-5(2,7)8;2*1-4(6)3-5(2)7;;/h7-8H,3H2,1-2H3;3H2,1-2H3;3,6H,1-2H3;2*1H2/p+1/b;;4-3-;;. The molecule has 9 heteroatoms. The highest BCUT2D eigenvalue weighted by Gasteiger charge is 2.16. The molecule has 0 amide bonds. The Hall–Kier alpha value is -1.94. The summed E-state index contributed by atoms with van der Waals surface area (Å²) in [7, 11) is 0. The minimum atomic E-state index is -1.83. The second kappa shape index (κ2) is 17.4. The molecule has 0 saturated carbocycles. The molecular formula is C15H31O9+. The molecule has 0 fully saturated rings. The summed E-state index contributed by atoms with van der Waals surface area (Å²) in [5.41, 5.74) is 0. The second-order valence-corrected chi connectivity index (χ2v) is 5.07. The van der Waals surface area contributed by atoms with Crippen molar-refractivity contribution in [3.8, 4) is 0 Å². The smallest absolute Gasteiger partial charge is 0.166 e. The number of Topliss-reactive ketones (excluding diaryl/α,β-unsaturated/α-hetero) is 3. The number of carbonyl (C=O) groups excluding carboxylic acids is 4. The van der Waals surface area contributed by atoms with Gasteiger partial charge in [-0.2, -0.15) is 0 Å². The van der Waals surface area contributed by atoms with Crippen molar-refractivity contribution < 1.29 is 45.5 Å². The zero-order valence-electron chi connectivity index (χ0n) is 15.0. The van der Waals surface area contributed by atoms with E-state index in [1.165, 1.54) is 47.6 Å². The molecular weight excluding hydrogens is 324 g/mol. The lowest BCUT2D eigenvalue weighted by molar-refractivity contribution is -0.158. The van der Waals surface area contributed by atoms with E-state index in [2.05, 4.69) is 0 Å². The largest absolute Gasteiger partial charge is 0.512 e. The van der Waals surface area contributed by atoms with Gasteiger partial charge in [-0.15, -0.1) is 0 Å². The van der Waals surface area contributed by atoms with Crippen LogP contribution >= 0.6 is 0 Å². The van der Waals surface area contributed by atoms with Gasteiger partial charge in [0.15, 0.2) is 11.6 Å². The van der Waals surface area contributed by atoms with Gasteiger partial charge in [0.2, 0.25) is 0 Å². The minimum absolute atomic E-state index is 0. The van der Waals surface area contributed by atoms with Crippen LogP contribution in [0.25, 0.3) is 0 Å². The first-order chi connectivity index (χ1) is 9.67. The van der Waals surface area contributed by atoms with Crippen LogP contribution in [0.15, 0.2) is 11.8 Å². The van der Waals surface area contributed by atoms with Crippen LogP contribution in [0.5, 0.6) is 0 Å². The number of aliphatic hydroxyl groups is 3. The van der Waals surface area contributed by atoms with E-state index in [1.54, 1.807) is 0 Å². The van der Waals surface area contributed by atoms with E-state index >= 15 is 0 Å². The third-order valence-corrected chi connectivity index (χ3v) is 1.49. The van der Waals surface area contributed by atoms with Gasteiger partial charge in [-0.25, -0.2) is 0 Å². The Labute approximate surface area is 141 Å². The number of hydrogen-bond donors (Lipinski definition) is 3. The highest BCUT2D eigenvalue weighted by Crippen LogP contribution is 2.02. The zero-order chi connectivity index (χ0) is 18.5. The van der Waals surface area contributed by atoms with Crippen molar-refractivity contribution >= 4 is 23.1 Å². The maximum atomic E-state index is 10.1. The number of aliphatic hydroxyl groups excluding tert-OH is 1. The lowest BCUT2D eigenvalue weighted by Gasteiger charge is -2.11. The summed E-state index contributed by atoms with van der Waals surface area (Å²) in [4.78, 5) is 40.2. The molecule has 0 spiro atoms. The van der Waals surface area contributed by atoms with E-state index in [0.29, 0.717) is 0 Å². The summed E-state index contributed by atoms with van der Waals surface area (Å²) < 4.78 is 0. The first kappa shape index (κ1) is 33.6. The van der Waals surface area contributed by atoms with E-state index in [4.69, 9.17) is 15.3 Å². The normalized spacial score (nSPS) is 9.58. The minimum Gasteiger partial charge on any atom is -0.512 e. The highest BCUT2D eigenvalue weighted by atomic mass is 16.5. The molecule has 0 heterocycles. The van der Waals surface area contributed by atoms with E-state index in [-0.39, 0.29) is 52.7 Å². The molecule has 0 saturated heterocycles. The summed E-state index contributed by atoms with van der Waals surface area (Å²) >= 11 is 0. The average molecular weight is 355 g/mol. The quantitative estimate of drug-likeness (QED) is 0.194. The molecule has 24 heavy (non-hydrogen) atoms. The Morgan fingerprint density at radius 2 is 1.21 bits per heavy atom. The second-order valence-electron chi connectivity index (χ2n) is 5.07. The third-order valence-electron chi connectivity index (χ3n) is 1.49. The lowest BCUT2D eigenvalue weighted by Crippen LogP contribution is -2.25. The van der Waals surface area contributed by atoms with Crippen LogP contribution < -0.4 is 0 Å². The van der Waals surface area contributed by atoms with Crippen molar-refractivity contribution in [1.29, 1.82) is 0 Å². The Bertz CT molecular complexity index is 401. The van der Waals surface area contributed by atoms with Crippen molar-refractivity contribution in [1.82, 2.24) is 0 Å². The average Bonchev–Trinajstić information content (AvgIpc) is 2.08. The summed E-state index contributed by atoms with van der Waals surface area (Å²) in [5.74, 6) is -2.24. The Morgan fingerprint density at radius 3 is 1.21 bits per heavy atom. The van der Waals surface area contributed by atoms with Gasteiger partial charge in [0, 0.05) is 6.08 Å². The number of ketones is 4. The molecule has 0 rings (SSSR count). The Morgan fingerprint density at radius 1 is 0.875 bits per heavy atom. The lowest BCUT2D eigenvalue weighted by atomic mass is 10.2. The molecule has 0 atom stereocenters. The molecule has 0 aliphatic heterocycles. The van der Waals surface area contributed by atoms with Crippen molar-refractivity contribution in [3.05, 3.63) is 11.8 Å². The van der Waals surface area contributed by atoms with Crippen LogP contribution in [-0.4, -0.2) is 49.7 Å². The van der Waals surface area contributed by atoms with Gasteiger partial charge in [0.1, 0.15) is 17.3 Å². The molecule has 0 aromatic heterocycles. The fourth-order valence-corrected chi connectivity index (χ4v) is 1.12. The van der Waals surface area contributed by atoms with Gasteiger partial charge in [-0.1, -0.05) is 0 Å². The van der Waals surface area contributed by atoms with Crippen LogP contribution in [0.3, 0.4) is 0 Å². The summed E-state index contributed by atoms with van der Waals surface area (Å²) in [6.45, 7) is 8.14. The van der Waals surface area contributed by atoms with Crippen LogP contribution in [0, 0.1) is 0 Å². The van der Waals surface area contributed by atoms with Crippen LogP contribution in [0.2, 0.25) is 0 Å². The van der Waals surface area contributed by atoms with E-state index in [1.807, 2.05) is 0 Å². The molecule has 8 N–H and O–H groups in total. The van der Waals surface area contributed by atoms with Crippen LogP contribution in [0.1, 0.15) is 54.4 Å². The fraction of sp³-hybridized carbons (Fsp3) is 0.600. The Kier molecular flexibility index (Phi) is 24.4. The van der Waals surface area contributed by atoms with Gasteiger partial charge in [0.25, 0.3) is 0 Å². The summed E-state index contributed by atoms with van der Waals surface area (Å²) in [6.07, 6.45) is 1.05. The monoisotopic (exact) mass is 355 g/mol. The van der Waals surface area contributed by atoms with Crippen LogP contribution in [-0.2, 0) is 24.7 Å². The van der Waals surface area contributed by atoms with Gasteiger partial charge < -0.3 is 26.3 Å². The molecule has 0 radical (unpaired) electrons. The van der Waals surface area contributed by atoms with Crippen molar-refractivity contribution in [2.24, 2.45) is 0 Å². The van der Waals surface area contributed by atoms with Gasteiger partial charge in [0.05, 0.1) is 18.6 Å². The number of rotatable bonds is 5. The molecule has 0 bridgehead atoms. The molecule has 0 unspecified atom stereocenters. The van der Waals surface area contributed by atoms with Gasteiger partial charge in [-0.3, -0.25) is 19.2 Å². The van der Waals surface area contributed by atoms with Crippen molar-refractivity contribution in [3.63, 3.8) is 0 Å². The van der Waals surface area contributed by atoms with Crippen molar-refractivity contribution in [2.45, 2.75) is 60.2 Å². The maximum absolute atomic E-state index is 10.1. The van der Waals surface area contributed by atoms with E-state index < -0.39 is 5.79 Å². The van der Waals surface area contributed by atoms with Crippen molar-refractivity contribution in [2.75, 3.05) is 0 Å². The molecule has 0 aliphatic carbocycles. The number of allylic oxidation sites excluding steroid dienone is 2. The molecule has 0 aromatic carbocycles. The topological polar surface area (TPSA) is 193 Å². The SMILES string of the molecule is CC(=O)/C=C(/C)O.CC(=O)CC(C)(O)O.CC(=O)CC(C)=O.O.[OH3+].